The molecule has 3 unspecified atom stereocenters. The first-order valence-corrected chi connectivity index (χ1v) is 6.99. The van der Waals surface area contributed by atoms with E-state index in [1.807, 2.05) is 10.8 Å². The van der Waals surface area contributed by atoms with Crippen molar-refractivity contribution in [1.29, 1.82) is 0 Å². The molecule has 3 atom stereocenters. The molecule has 0 aromatic carbocycles. The third-order valence-electron chi connectivity index (χ3n) is 3.03. The molecule has 0 saturated carbocycles. The maximum Gasteiger partial charge on any atom is 0.0862 e. The lowest BCUT2D eigenvalue weighted by atomic mass is 9.90. The molecule has 1 fully saturated rings. The van der Waals surface area contributed by atoms with Crippen LogP contribution in [0.3, 0.4) is 0 Å². The van der Waals surface area contributed by atoms with Crippen molar-refractivity contribution in [1.82, 2.24) is 0 Å². The van der Waals surface area contributed by atoms with Gasteiger partial charge in [0.2, 0.25) is 0 Å². The van der Waals surface area contributed by atoms with Gasteiger partial charge >= 0.3 is 0 Å². The molecule has 2 nitrogen and oxygen atoms in total. The van der Waals surface area contributed by atoms with Crippen LogP contribution in [0.25, 0.3) is 0 Å². The van der Waals surface area contributed by atoms with Crippen molar-refractivity contribution in [3.05, 3.63) is 20.8 Å². The highest BCUT2D eigenvalue weighted by Crippen LogP contribution is 2.38. The summed E-state index contributed by atoms with van der Waals surface area (Å²) in [5.74, 6) is 0.251. The molecule has 1 saturated heterocycles. The lowest BCUT2D eigenvalue weighted by Crippen LogP contribution is -2.21. The zero-order valence-electron chi connectivity index (χ0n) is 8.65. The quantitative estimate of drug-likeness (QED) is 0.925. The predicted molar refractivity (Wildman–Crippen MR) is 65.1 cm³/mol. The number of rotatable bonds is 3. The van der Waals surface area contributed by atoms with Gasteiger partial charge < -0.3 is 9.84 Å². The van der Waals surface area contributed by atoms with E-state index in [1.54, 1.807) is 11.3 Å². The summed E-state index contributed by atoms with van der Waals surface area (Å²) in [6, 6.07) is 0. The maximum atomic E-state index is 10.3. The van der Waals surface area contributed by atoms with Gasteiger partial charge in [0.05, 0.1) is 12.2 Å². The summed E-state index contributed by atoms with van der Waals surface area (Å²) in [6.45, 7) is 2.89. The van der Waals surface area contributed by atoms with Gasteiger partial charge in [-0.3, -0.25) is 0 Å². The summed E-state index contributed by atoms with van der Waals surface area (Å²) >= 11 is 5.08. The van der Waals surface area contributed by atoms with Gasteiger partial charge in [0.25, 0.3) is 0 Å². The highest BCUT2D eigenvalue weighted by molar-refractivity contribution is 9.10. The largest absolute Gasteiger partial charge is 0.388 e. The summed E-state index contributed by atoms with van der Waals surface area (Å²) in [4.78, 5) is 0. The fourth-order valence-corrected chi connectivity index (χ4v) is 3.74. The molecular formula is C11H15BrO2S. The summed E-state index contributed by atoms with van der Waals surface area (Å²) in [5.41, 5.74) is 1.01. The van der Waals surface area contributed by atoms with E-state index in [0.717, 1.165) is 29.5 Å². The van der Waals surface area contributed by atoms with E-state index in [9.17, 15) is 5.11 Å². The van der Waals surface area contributed by atoms with Crippen LogP contribution in [0.4, 0.5) is 0 Å². The Balaban J connectivity index is 2.13. The minimum atomic E-state index is -0.391. The molecule has 0 aliphatic carbocycles. The smallest absolute Gasteiger partial charge is 0.0862 e. The lowest BCUT2D eigenvalue weighted by Gasteiger charge is -2.22. The van der Waals surface area contributed by atoms with Crippen LogP contribution in [0.15, 0.2) is 15.2 Å². The highest BCUT2D eigenvalue weighted by Gasteiger charge is 2.34. The molecule has 0 amide bonds. The Labute approximate surface area is 102 Å². The normalized spacial score (nSPS) is 28.2. The van der Waals surface area contributed by atoms with E-state index in [1.165, 1.54) is 0 Å². The molecule has 1 aliphatic rings. The zero-order chi connectivity index (χ0) is 10.8. The van der Waals surface area contributed by atoms with E-state index in [4.69, 9.17) is 4.74 Å². The van der Waals surface area contributed by atoms with E-state index in [2.05, 4.69) is 22.9 Å². The summed E-state index contributed by atoms with van der Waals surface area (Å²) in [7, 11) is 0. The first-order valence-electron chi connectivity index (χ1n) is 5.25. The fourth-order valence-electron chi connectivity index (χ4n) is 2.18. The number of hydrogen-bond donors (Lipinski definition) is 1. The second-order valence-corrected chi connectivity index (χ2v) is 5.49. The van der Waals surface area contributed by atoms with Gasteiger partial charge in [-0.15, -0.1) is 0 Å². The van der Waals surface area contributed by atoms with E-state index >= 15 is 0 Å². The van der Waals surface area contributed by atoms with E-state index < -0.39 is 6.10 Å². The standard InChI is InChI=1S/C11H15BrO2S/c1-2-10-7(3-4-14-10)11(13)8-5-15-6-9(8)12/h5-7,10-11,13H,2-4H2,1H3. The molecule has 0 spiro atoms. The van der Waals surface area contributed by atoms with Crippen molar-refractivity contribution in [2.75, 3.05) is 6.61 Å². The molecule has 1 aromatic heterocycles. The lowest BCUT2D eigenvalue weighted by molar-refractivity contribution is 0.0306. The minimum absolute atomic E-state index is 0.215. The number of halogens is 1. The third kappa shape index (κ3) is 2.28. The van der Waals surface area contributed by atoms with Crippen LogP contribution < -0.4 is 0 Å². The van der Waals surface area contributed by atoms with Crippen LogP contribution in [0.2, 0.25) is 0 Å². The molecule has 1 aliphatic heterocycles. The van der Waals surface area contributed by atoms with Gasteiger partial charge in [-0.2, -0.15) is 11.3 Å². The van der Waals surface area contributed by atoms with E-state index in [-0.39, 0.29) is 12.0 Å². The average molecular weight is 291 g/mol. The van der Waals surface area contributed by atoms with Gasteiger partial charge in [0.15, 0.2) is 0 Å². The van der Waals surface area contributed by atoms with Crippen LogP contribution >= 0.6 is 27.3 Å². The van der Waals surface area contributed by atoms with Crippen LogP contribution in [0.5, 0.6) is 0 Å². The van der Waals surface area contributed by atoms with Gasteiger partial charge in [-0.25, -0.2) is 0 Å². The van der Waals surface area contributed by atoms with Gasteiger partial charge in [0.1, 0.15) is 0 Å². The molecule has 2 heterocycles. The molecule has 2 rings (SSSR count). The van der Waals surface area contributed by atoms with Crippen molar-refractivity contribution < 1.29 is 9.84 Å². The summed E-state index contributed by atoms with van der Waals surface area (Å²) in [5, 5.41) is 14.3. The average Bonchev–Trinajstić information content (AvgIpc) is 2.84. The second-order valence-electron chi connectivity index (χ2n) is 3.89. The monoisotopic (exact) mass is 290 g/mol. The summed E-state index contributed by atoms with van der Waals surface area (Å²) in [6.07, 6.45) is 1.76. The number of thiophene rings is 1. The topological polar surface area (TPSA) is 29.5 Å². The molecule has 4 heteroatoms. The van der Waals surface area contributed by atoms with Crippen LogP contribution in [-0.2, 0) is 4.74 Å². The Morgan fingerprint density at radius 1 is 1.67 bits per heavy atom. The predicted octanol–water partition coefficient (Wildman–Crippen LogP) is 3.36. The fraction of sp³-hybridized carbons (Fsp3) is 0.636. The Kier molecular flexibility index (Phi) is 3.83. The number of aliphatic hydroxyl groups excluding tert-OH is 1. The van der Waals surface area contributed by atoms with Gasteiger partial charge in [0, 0.05) is 27.9 Å². The third-order valence-corrected chi connectivity index (χ3v) is 4.78. The van der Waals surface area contributed by atoms with Gasteiger partial charge in [-0.05, 0) is 34.2 Å². The molecular weight excluding hydrogens is 276 g/mol. The second kappa shape index (κ2) is 4.95. The zero-order valence-corrected chi connectivity index (χ0v) is 11.1. The first-order chi connectivity index (χ1) is 7.24. The van der Waals surface area contributed by atoms with Crippen molar-refractivity contribution in [3.63, 3.8) is 0 Å². The molecule has 1 N–H and O–H groups in total. The number of aliphatic hydroxyl groups is 1. The number of ether oxygens (including phenoxy) is 1. The Bertz CT molecular complexity index is 326. The van der Waals surface area contributed by atoms with Crippen LogP contribution in [-0.4, -0.2) is 17.8 Å². The van der Waals surface area contributed by atoms with Gasteiger partial charge in [-0.1, -0.05) is 6.92 Å². The van der Waals surface area contributed by atoms with E-state index in [0.29, 0.717) is 0 Å². The maximum absolute atomic E-state index is 10.3. The van der Waals surface area contributed by atoms with Crippen molar-refractivity contribution in [2.45, 2.75) is 32.0 Å². The van der Waals surface area contributed by atoms with Crippen molar-refractivity contribution >= 4 is 27.3 Å². The Hall–Kier alpha value is 0.100. The van der Waals surface area contributed by atoms with Crippen molar-refractivity contribution in [2.24, 2.45) is 5.92 Å². The number of hydrogen-bond acceptors (Lipinski definition) is 3. The van der Waals surface area contributed by atoms with Crippen LogP contribution in [0, 0.1) is 5.92 Å². The molecule has 15 heavy (non-hydrogen) atoms. The van der Waals surface area contributed by atoms with Crippen LogP contribution in [0.1, 0.15) is 31.4 Å². The molecule has 84 valence electrons. The molecule has 0 radical (unpaired) electrons. The molecule has 1 aromatic rings. The SMILES string of the molecule is CCC1OCCC1C(O)c1cscc1Br. The minimum Gasteiger partial charge on any atom is -0.388 e. The first kappa shape index (κ1) is 11.6. The highest BCUT2D eigenvalue weighted by atomic mass is 79.9. The summed E-state index contributed by atoms with van der Waals surface area (Å²) < 4.78 is 6.62. The Morgan fingerprint density at radius 2 is 2.47 bits per heavy atom. The molecule has 0 bridgehead atoms. The Morgan fingerprint density at radius 3 is 3.07 bits per heavy atom. The van der Waals surface area contributed by atoms with Crippen molar-refractivity contribution in [3.8, 4) is 0 Å².